The molecule has 0 spiro atoms. The van der Waals surface area contributed by atoms with Gasteiger partial charge in [-0.3, -0.25) is 9.59 Å². The molecule has 0 aliphatic carbocycles. The summed E-state index contributed by atoms with van der Waals surface area (Å²) in [7, 11) is 0. The molecule has 0 fully saturated rings. The Labute approximate surface area is 128 Å². The monoisotopic (exact) mass is 292 g/mol. The Morgan fingerprint density at radius 3 is 1.00 bits per heavy atom. The summed E-state index contributed by atoms with van der Waals surface area (Å²) in [6.07, 6.45) is -5.13. The van der Waals surface area contributed by atoms with Crippen LogP contribution in [0.4, 0.5) is 0 Å². The molecule has 2 unspecified atom stereocenters. The summed E-state index contributed by atoms with van der Waals surface area (Å²) in [6, 6.07) is 0. The van der Waals surface area contributed by atoms with Crippen LogP contribution in [0.2, 0.25) is 0 Å². The number of carbonyl (C=O) groups is 4. The Morgan fingerprint density at radius 1 is 0.684 bits per heavy atom. The summed E-state index contributed by atoms with van der Waals surface area (Å²) in [5.74, 6) is -5.69. The van der Waals surface area contributed by atoms with Crippen LogP contribution in [0, 0.1) is 0 Å². The molecule has 6 N–H and O–H groups in total. The van der Waals surface area contributed by atoms with Crippen molar-refractivity contribution < 1.29 is 49.8 Å². The van der Waals surface area contributed by atoms with Gasteiger partial charge in [0, 0.05) is 0 Å². The van der Waals surface area contributed by atoms with E-state index in [1.165, 1.54) is 0 Å². The quantitative estimate of drug-likeness (QED) is 0.278. The molecule has 106 valence electrons. The first kappa shape index (κ1) is 22.9. The topological polar surface area (TPSA) is 190 Å². The van der Waals surface area contributed by atoms with Crippen LogP contribution in [0.1, 0.15) is 12.8 Å². The number of aliphatic hydroxyl groups excluding tert-OH is 2. The molecule has 0 aromatic rings. The molecule has 0 saturated carbocycles. The molecular formula is C8H13NaO10. The van der Waals surface area contributed by atoms with Crippen LogP contribution >= 0.6 is 0 Å². The van der Waals surface area contributed by atoms with Crippen LogP contribution in [-0.2, 0) is 19.2 Å². The Kier molecular flexibility index (Phi) is 14.3. The van der Waals surface area contributed by atoms with Crippen molar-refractivity contribution in [3.05, 3.63) is 0 Å². The minimum absolute atomic E-state index is 0. The predicted molar refractivity (Wildman–Crippen MR) is 58.9 cm³/mol. The van der Waals surface area contributed by atoms with Crippen molar-refractivity contribution in [2.24, 2.45) is 0 Å². The van der Waals surface area contributed by atoms with Crippen molar-refractivity contribution in [2.75, 3.05) is 0 Å². The number of hydrogen-bond acceptors (Lipinski definition) is 6. The van der Waals surface area contributed by atoms with E-state index in [-0.39, 0.29) is 42.4 Å². The van der Waals surface area contributed by atoms with Crippen LogP contribution in [0.25, 0.3) is 0 Å². The Morgan fingerprint density at radius 2 is 0.895 bits per heavy atom. The Bertz CT molecular complexity index is 295. The number of rotatable bonds is 6. The normalized spacial score (nSPS) is 11.9. The molecule has 0 aliphatic heterocycles. The van der Waals surface area contributed by atoms with Crippen molar-refractivity contribution in [1.29, 1.82) is 0 Å². The second-order valence-corrected chi connectivity index (χ2v) is 2.85. The van der Waals surface area contributed by atoms with Crippen LogP contribution in [0.3, 0.4) is 0 Å². The SMILES string of the molecule is O=C(O)C(O)C(O)C(=O)O.O=C(O)CCC(=O)O.[NaH]. The molecule has 0 radical (unpaired) electrons. The van der Waals surface area contributed by atoms with Gasteiger partial charge < -0.3 is 30.6 Å². The van der Waals surface area contributed by atoms with E-state index in [9.17, 15) is 19.2 Å². The number of carboxylic acid groups (broad SMARTS) is 4. The zero-order valence-corrected chi connectivity index (χ0v) is 8.89. The third kappa shape index (κ3) is 14.7. The van der Waals surface area contributed by atoms with Crippen molar-refractivity contribution in [2.45, 2.75) is 25.0 Å². The molecule has 10 nitrogen and oxygen atoms in total. The van der Waals surface area contributed by atoms with E-state index in [0.29, 0.717) is 0 Å². The van der Waals surface area contributed by atoms with Gasteiger partial charge in [0.15, 0.2) is 12.2 Å². The van der Waals surface area contributed by atoms with Crippen molar-refractivity contribution in [3.8, 4) is 0 Å². The van der Waals surface area contributed by atoms with Gasteiger partial charge in [0.1, 0.15) is 0 Å². The fourth-order valence-corrected chi connectivity index (χ4v) is 0.484. The fourth-order valence-electron chi connectivity index (χ4n) is 0.484. The predicted octanol–water partition coefficient (Wildman–Crippen LogP) is -2.84. The summed E-state index contributed by atoms with van der Waals surface area (Å²) >= 11 is 0. The van der Waals surface area contributed by atoms with Gasteiger partial charge in [0.2, 0.25) is 0 Å². The first-order chi connectivity index (χ1) is 8.09. The van der Waals surface area contributed by atoms with Gasteiger partial charge in [0.25, 0.3) is 0 Å². The van der Waals surface area contributed by atoms with Gasteiger partial charge in [-0.1, -0.05) is 0 Å². The van der Waals surface area contributed by atoms with E-state index in [4.69, 9.17) is 30.6 Å². The number of aliphatic carboxylic acids is 4. The first-order valence-electron chi connectivity index (χ1n) is 4.35. The van der Waals surface area contributed by atoms with Crippen LogP contribution in [0.15, 0.2) is 0 Å². The molecule has 0 aromatic heterocycles. The molecule has 0 aromatic carbocycles. The minimum atomic E-state index is -2.27. The third-order valence-corrected chi connectivity index (χ3v) is 1.36. The van der Waals surface area contributed by atoms with E-state index < -0.39 is 36.1 Å². The van der Waals surface area contributed by atoms with E-state index >= 15 is 0 Å². The van der Waals surface area contributed by atoms with Gasteiger partial charge in [-0.15, -0.1) is 0 Å². The summed E-state index contributed by atoms with van der Waals surface area (Å²) in [5, 5.41) is 48.3. The maximum absolute atomic E-state index is 9.77. The average molecular weight is 292 g/mol. The molecule has 0 bridgehead atoms. The molecule has 0 rings (SSSR count). The van der Waals surface area contributed by atoms with E-state index in [1.807, 2.05) is 0 Å². The summed E-state index contributed by atoms with van der Waals surface area (Å²) in [6.45, 7) is 0. The number of aliphatic hydroxyl groups is 2. The average Bonchev–Trinajstić information content (AvgIpc) is 2.24. The van der Waals surface area contributed by atoms with Crippen molar-refractivity contribution in [3.63, 3.8) is 0 Å². The zero-order chi connectivity index (χ0) is 14.9. The third-order valence-electron chi connectivity index (χ3n) is 1.36. The zero-order valence-electron chi connectivity index (χ0n) is 8.89. The van der Waals surface area contributed by atoms with Gasteiger partial charge in [-0.2, -0.15) is 0 Å². The van der Waals surface area contributed by atoms with E-state index in [2.05, 4.69) is 0 Å². The standard InChI is InChI=1S/C4H6O6.C4H6O4.Na.H/c5-1(3(7)8)2(6)4(9)10;5-3(6)1-2-4(7)8;;/h1-2,5-6H,(H,7,8)(H,9,10);1-2H2,(H,5,6)(H,7,8);;. The fraction of sp³-hybridized carbons (Fsp3) is 0.500. The molecule has 0 saturated heterocycles. The summed E-state index contributed by atoms with van der Waals surface area (Å²) < 4.78 is 0. The summed E-state index contributed by atoms with van der Waals surface area (Å²) in [4.78, 5) is 38.8. The van der Waals surface area contributed by atoms with Crippen molar-refractivity contribution >= 4 is 53.4 Å². The molecule has 0 aliphatic rings. The number of carboxylic acids is 4. The molecular weight excluding hydrogens is 279 g/mol. The molecule has 0 heterocycles. The van der Waals surface area contributed by atoms with Gasteiger partial charge in [0.05, 0.1) is 12.8 Å². The van der Waals surface area contributed by atoms with Crippen LogP contribution in [0.5, 0.6) is 0 Å². The first-order valence-corrected chi connectivity index (χ1v) is 4.35. The second kappa shape index (κ2) is 11.9. The van der Waals surface area contributed by atoms with Gasteiger partial charge in [-0.25, -0.2) is 9.59 Å². The van der Waals surface area contributed by atoms with Gasteiger partial charge >= 0.3 is 53.4 Å². The summed E-state index contributed by atoms with van der Waals surface area (Å²) in [5.41, 5.74) is 0. The molecule has 11 heteroatoms. The molecule has 19 heavy (non-hydrogen) atoms. The molecule has 0 amide bonds. The van der Waals surface area contributed by atoms with Crippen LogP contribution < -0.4 is 0 Å². The Balaban J connectivity index is -0.000000262. The second-order valence-electron chi connectivity index (χ2n) is 2.85. The van der Waals surface area contributed by atoms with Crippen LogP contribution in [-0.4, -0.2) is 96.3 Å². The molecule has 2 atom stereocenters. The van der Waals surface area contributed by atoms with Gasteiger partial charge in [-0.05, 0) is 0 Å². The van der Waals surface area contributed by atoms with E-state index in [0.717, 1.165) is 0 Å². The maximum atomic E-state index is 9.77. The van der Waals surface area contributed by atoms with Crippen molar-refractivity contribution in [1.82, 2.24) is 0 Å². The van der Waals surface area contributed by atoms with E-state index in [1.54, 1.807) is 0 Å². The Hall–Kier alpha value is -1.20. The number of hydrogen-bond donors (Lipinski definition) is 6.